The van der Waals surface area contributed by atoms with Crippen molar-refractivity contribution in [1.29, 1.82) is 0 Å². The van der Waals surface area contributed by atoms with Gasteiger partial charge in [0.15, 0.2) is 17.2 Å². The maximum Gasteiger partial charge on any atom is 0.349 e. The topological polar surface area (TPSA) is 176 Å². The zero-order chi connectivity index (χ0) is 27.3. The van der Waals surface area contributed by atoms with Crippen LogP contribution in [0.2, 0.25) is 10.0 Å². The van der Waals surface area contributed by atoms with Gasteiger partial charge in [0.05, 0.1) is 28.0 Å². The number of sulfonamides is 1. The second-order valence-corrected chi connectivity index (χ2v) is 10.7. The Hall–Kier alpha value is -3.05. The monoisotopic (exact) mass is 577 g/mol. The molecule has 0 unspecified atom stereocenters. The number of aliphatic hydroxyl groups excluding tert-OH is 1. The maximum absolute atomic E-state index is 13.7. The zero-order valence-electron chi connectivity index (χ0n) is 18.6. The third-order valence-electron chi connectivity index (χ3n) is 5.22. The first-order valence-electron chi connectivity index (χ1n) is 10.3. The van der Waals surface area contributed by atoms with Crippen molar-refractivity contribution in [3.05, 3.63) is 61.0 Å². The molecule has 1 aliphatic carbocycles. The highest BCUT2D eigenvalue weighted by Crippen LogP contribution is 2.39. The maximum atomic E-state index is 13.7. The van der Waals surface area contributed by atoms with Crippen LogP contribution in [0.25, 0.3) is 5.69 Å². The van der Waals surface area contributed by atoms with Gasteiger partial charge in [-0.15, -0.1) is 0 Å². The number of hydrogen-bond acceptors (Lipinski definition) is 9. The SMILES string of the molecule is BC(F)(F)c1nn(-c2cc(Cl)c(Oc3cc(S(=O)(=O)N[C@H]4C[C@@H](O)C4)c(O)cn3)c(Cl)c2)c(=O)[nH]c1=O. The number of aliphatic hydroxyl groups is 1. The zero-order valence-corrected chi connectivity index (χ0v) is 20.9. The average molecular weight is 578 g/mol. The number of H-pyrrole nitrogens is 1. The summed E-state index contributed by atoms with van der Waals surface area (Å²) in [5.74, 6) is -4.91. The first-order chi connectivity index (χ1) is 17.2. The molecule has 0 radical (unpaired) electrons. The number of nitrogens with one attached hydrogen (secondary N) is 2. The second-order valence-electron chi connectivity index (χ2n) is 8.18. The normalized spacial score (nSPS) is 17.9. The van der Waals surface area contributed by atoms with Gasteiger partial charge in [-0.3, -0.25) is 9.78 Å². The van der Waals surface area contributed by atoms with E-state index in [1.165, 1.54) is 0 Å². The van der Waals surface area contributed by atoms with Crippen molar-refractivity contribution in [2.45, 2.75) is 35.7 Å². The molecule has 1 aliphatic rings. The molecule has 2 heterocycles. The molecule has 12 nitrogen and oxygen atoms in total. The van der Waals surface area contributed by atoms with Crippen LogP contribution in [0.3, 0.4) is 0 Å². The van der Waals surface area contributed by atoms with Crippen molar-refractivity contribution in [1.82, 2.24) is 24.5 Å². The number of halogens is 4. The third kappa shape index (κ3) is 5.62. The number of nitrogens with zero attached hydrogens (tertiary/aromatic N) is 3. The lowest BCUT2D eigenvalue weighted by atomic mass is 9.91. The summed E-state index contributed by atoms with van der Waals surface area (Å²) in [4.78, 5) is 28.9. The molecule has 18 heteroatoms. The number of benzene rings is 1. The molecule has 2 aromatic heterocycles. The van der Waals surface area contributed by atoms with E-state index < -0.39 is 55.6 Å². The van der Waals surface area contributed by atoms with Gasteiger partial charge in [0.1, 0.15) is 4.90 Å². The lowest BCUT2D eigenvalue weighted by molar-refractivity contribution is 0.0711. The molecule has 0 atom stereocenters. The number of aromatic amines is 1. The van der Waals surface area contributed by atoms with Gasteiger partial charge in [0, 0.05) is 12.1 Å². The van der Waals surface area contributed by atoms with E-state index in [0.29, 0.717) is 12.5 Å². The molecule has 0 amide bonds. The lowest BCUT2D eigenvalue weighted by Gasteiger charge is -2.31. The molecule has 0 bridgehead atoms. The summed E-state index contributed by atoms with van der Waals surface area (Å²) in [6.07, 6.45) is 0.649. The average Bonchev–Trinajstić information content (AvgIpc) is 2.75. The number of aromatic nitrogens is 4. The molecule has 4 rings (SSSR count). The molecule has 1 aromatic carbocycles. The number of pyridine rings is 1. The summed E-state index contributed by atoms with van der Waals surface area (Å²) in [5.41, 5.74) is -3.91. The predicted molar refractivity (Wildman–Crippen MR) is 128 cm³/mol. The van der Waals surface area contributed by atoms with Gasteiger partial charge in [0.25, 0.3) is 11.4 Å². The summed E-state index contributed by atoms with van der Waals surface area (Å²) in [7, 11) is -3.78. The Morgan fingerprint density at radius 3 is 2.41 bits per heavy atom. The van der Waals surface area contributed by atoms with Crippen molar-refractivity contribution in [3.8, 4) is 23.1 Å². The van der Waals surface area contributed by atoms with Crippen molar-refractivity contribution in [2.75, 3.05) is 0 Å². The van der Waals surface area contributed by atoms with E-state index in [-0.39, 0.29) is 40.2 Å². The summed E-state index contributed by atoms with van der Waals surface area (Å²) in [6.45, 7) is 0. The molecule has 0 aliphatic heterocycles. The minimum Gasteiger partial charge on any atom is -0.505 e. The van der Waals surface area contributed by atoms with Crippen molar-refractivity contribution in [2.24, 2.45) is 0 Å². The minimum atomic E-state index is -4.21. The van der Waals surface area contributed by atoms with E-state index in [2.05, 4.69) is 14.8 Å². The summed E-state index contributed by atoms with van der Waals surface area (Å²) in [6, 6.07) is 2.56. The molecule has 1 saturated carbocycles. The van der Waals surface area contributed by atoms with Crippen LogP contribution in [0, 0.1) is 0 Å². The van der Waals surface area contributed by atoms with Gasteiger partial charge in [-0.1, -0.05) is 23.2 Å². The summed E-state index contributed by atoms with van der Waals surface area (Å²) >= 11 is 12.4. The number of aromatic hydroxyl groups is 1. The third-order valence-corrected chi connectivity index (χ3v) is 7.33. The molecule has 3 aromatic rings. The van der Waals surface area contributed by atoms with E-state index in [4.69, 9.17) is 27.9 Å². The Labute approximate surface area is 217 Å². The van der Waals surface area contributed by atoms with Crippen LogP contribution in [0.15, 0.2) is 38.9 Å². The fourth-order valence-electron chi connectivity index (χ4n) is 3.38. The molecule has 1 fully saturated rings. The van der Waals surface area contributed by atoms with Gasteiger partial charge in [-0.2, -0.15) is 9.78 Å². The highest BCUT2D eigenvalue weighted by atomic mass is 35.5. The van der Waals surface area contributed by atoms with Crippen LogP contribution in [0.5, 0.6) is 17.4 Å². The quantitative estimate of drug-likeness (QED) is 0.293. The lowest BCUT2D eigenvalue weighted by Crippen LogP contribution is -2.46. The van der Waals surface area contributed by atoms with Gasteiger partial charge in [-0.25, -0.2) is 31.7 Å². The van der Waals surface area contributed by atoms with Crippen LogP contribution in [-0.2, 0) is 15.8 Å². The number of rotatable bonds is 7. The molecule has 0 spiro atoms. The largest absolute Gasteiger partial charge is 0.505 e. The van der Waals surface area contributed by atoms with E-state index in [0.717, 1.165) is 24.4 Å². The van der Waals surface area contributed by atoms with Crippen molar-refractivity contribution >= 4 is 41.1 Å². The van der Waals surface area contributed by atoms with E-state index in [9.17, 15) is 37.0 Å². The Balaban J connectivity index is 1.67. The van der Waals surface area contributed by atoms with Gasteiger partial charge in [0.2, 0.25) is 23.7 Å². The first kappa shape index (κ1) is 27.0. The van der Waals surface area contributed by atoms with Gasteiger partial charge < -0.3 is 14.9 Å². The summed E-state index contributed by atoms with van der Waals surface area (Å²) in [5, 5.41) is 22.3. The molecular formula is C19H16BCl2F2N5O7S. The van der Waals surface area contributed by atoms with Crippen molar-refractivity contribution in [3.63, 3.8) is 0 Å². The Morgan fingerprint density at radius 1 is 1.22 bits per heavy atom. The second kappa shape index (κ2) is 9.68. The standard InChI is InChI=1S/C19H16BCl2F2N5O7S/c20-19(23,24)16-17(32)26-18(33)29(27-16)8-3-10(21)15(11(22)4-8)36-14-5-13(12(31)6-25-14)37(34,35)28-7-1-9(30)2-7/h3-7,9,28,30-31H,1-2,20H2,(H,26,32,33)/t7-,9+. The molecule has 4 N–H and O–H groups in total. The smallest absolute Gasteiger partial charge is 0.349 e. The highest BCUT2D eigenvalue weighted by Gasteiger charge is 2.33. The van der Waals surface area contributed by atoms with E-state index >= 15 is 0 Å². The van der Waals surface area contributed by atoms with Crippen LogP contribution in [0.4, 0.5) is 8.78 Å². The molecule has 196 valence electrons. The Morgan fingerprint density at radius 2 is 1.84 bits per heavy atom. The van der Waals surface area contributed by atoms with Gasteiger partial charge >= 0.3 is 5.69 Å². The molecule has 0 saturated heterocycles. The van der Waals surface area contributed by atoms with E-state index in [1.807, 2.05) is 0 Å². The summed E-state index contributed by atoms with van der Waals surface area (Å²) < 4.78 is 61.0. The van der Waals surface area contributed by atoms with Gasteiger partial charge in [-0.05, 0) is 25.0 Å². The fraction of sp³-hybridized carbons (Fsp3) is 0.263. The van der Waals surface area contributed by atoms with Crippen LogP contribution in [-0.4, -0.2) is 58.4 Å². The Kier molecular flexibility index (Phi) is 7.07. The minimum absolute atomic E-state index is 0.192. The van der Waals surface area contributed by atoms with E-state index in [1.54, 1.807) is 4.98 Å². The number of hydrogen-bond donors (Lipinski definition) is 4. The highest BCUT2D eigenvalue weighted by molar-refractivity contribution is 7.89. The predicted octanol–water partition coefficient (Wildman–Crippen LogP) is 0.604. The Bertz CT molecular complexity index is 1580. The fourth-order valence-corrected chi connectivity index (χ4v) is 5.28. The number of ether oxygens (including phenoxy) is 1. The molecule has 37 heavy (non-hydrogen) atoms. The first-order valence-corrected chi connectivity index (χ1v) is 12.6. The van der Waals surface area contributed by atoms with Crippen LogP contribution in [0.1, 0.15) is 18.5 Å². The van der Waals surface area contributed by atoms with Crippen LogP contribution >= 0.6 is 23.2 Å². The number of alkyl halides is 2. The van der Waals surface area contributed by atoms with Crippen molar-refractivity contribution < 1.29 is 32.1 Å². The molecular weight excluding hydrogens is 562 g/mol. The van der Waals surface area contributed by atoms with Crippen LogP contribution < -0.4 is 20.7 Å².